The number of nitrogens with two attached hydrogens (primary N) is 1. The van der Waals surface area contributed by atoms with Crippen LogP contribution in [0.2, 0.25) is 0 Å². The zero-order valence-corrected chi connectivity index (χ0v) is 21.0. The Bertz CT molecular complexity index is 871. The van der Waals surface area contributed by atoms with Crippen LogP contribution in [0.5, 0.6) is 0 Å². The van der Waals surface area contributed by atoms with Gasteiger partial charge in [0.2, 0.25) is 5.91 Å². The normalized spacial score (nSPS) is 29.2. The molecule has 0 bridgehead atoms. The van der Waals surface area contributed by atoms with Gasteiger partial charge in [0.25, 0.3) is 5.91 Å². The van der Waals surface area contributed by atoms with Crippen LogP contribution in [0.25, 0.3) is 0 Å². The van der Waals surface area contributed by atoms with Crippen molar-refractivity contribution in [2.45, 2.75) is 83.3 Å². The molecule has 3 saturated carbocycles. The van der Waals surface area contributed by atoms with Crippen LogP contribution in [0.3, 0.4) is 0 Å². The minimum absolute atomic E-state index is 0.00738. The van der Waals surface area contributed by atoms with E-state index in [0.29, 0.717) is 11.8 Å². The summed E-state index contributed by atoms with van der Waals surface area (Å²) in [4.78, 5) is 34.7. The maximum atomic E-state index is 13.2. The maximum absolute atomic E-state index is 13.2. The highest BCUT2D eigenvalue weighted by Crippen LogP contribution is 2.54. The second-order valence-corrected chi connectivity index (χ2v) is 11.4. The first-order chi connectivity index (χ1) is 16.1. The zero-order valence-electron chi connectivity index (χ0n) is 21.0. The third-order valence-corrected chi connectivity index (χ3v) is 8.50. The Balaban J connectivity index is 1.46. The molecule has 2 amide bonds. The molecular formula is C26H41FN4O3. The van der Waals surface area contributed by atoms with E-state index in [9.17, 15) is 19.1 Å². The lowest BCUT2D eigenvalue weighted by Crippen LogP contribution is -2.49. The van der Waals surface area contributed by atoms with E-state index in [1.54, 1.807) is 4.90 Å². The molecule has 0 radical (unpaired) electrons. The molecule has 0 aromatic carbocycles. The fourth-order valence-electron chi connectivity index (χ4n) is 5.67. The van der Waals surface area contributed by atoms with Crippen molar-refractivity contribution in [1.82, 2.24) is 9.80 Å². The van der Waals surface area contributed by atoms with Gasteiger partial charge in [0.05, 0.1) is 5.60 Å². The Kier molecular flexibility index (Phi) is 7.09. The van der Waals surface area contributed by atoms with E-state index >= 15 is 0 Å². The first-order valence-electron chi connectivity index (χ1n) is 13.0. The number of hydrogen-bond donors (Lipinski definition) is 2. The van der Waals surface area contributed by atoms with Gasteiger partial charge in [0.1, 0.15) is 18.9 Å². The molecule has 34 heavy (non-hydrogen) atoms. The SMILES string of the molecule is CCC1(N(CCC(C)C)C(=O)CN=C2CC3CC3/C2=C(/N)C(=O)N2CCC(O)(CF)CC2)CC1. The summed E-state index contributed by atoms with van der Waals surface area (Å²) in [7, 11) is 0. The minimum Gasteiger partial charge on any atom is -0.394 e. The van der Waals surface area contributed by atoms with Crippen molar-refractivity contribution in [3.8, 4) is 0 Å². The van der Waals surface area contributed by atoms with Gasteiger partial charge in [0.15, 0.2) is 0 Å². The van der Waals surface area contributed by atoms with E-state index in [0.717, 1.165) is 56.4 Å². The van der Waals surface area contributed by atoms with Gasteiger partial charge < -0.3 is 20.6 Å². The fraction of sp³-hybridized carbons (Fsp3) is 0.808. The van der Waals surface area contributed by atoms with Crippen LogP contribution in [-0.2, 0) is 9.59 Å². The Labute approximate surface area is 202 Å². The van der Waals surface area contributed by atoms with Crippen LogP contribution in [0.15, 0.2) is 16.3 Å². The number of allylic oxidation sites excluding steroid dienone is 1. The van der Waals surface area contributed by atoms with Crippen LogP contribution < -0.4 is 5.73 Å². The second kappa shape index (κ2) is 9.59. The summed E-state index contributed by atoms with van der Waals surface area (Å²) in [6.45, 7) is 7.16. The molecule has 4 rings (SSSR count). The number of fused-ring (bicyclic) bond motifs is 1. The molecule has 2 atom stereocenters. The lowest BCUT2D eigenvalue weighted by molar-refractivity contribution is -0.133. The van der Waals surface area contributed by atoms with Gasteiger partial charge in [-0.3, -0.25) is 14.6 Å². The predicted molar refractivity (Wildman–Crippen MR) is 130 cm³/mol. The molecule has 190 valence electrons. The van der Waals surface area contributed by atoms with Crippen LogP contribution in [0, 0.1) is 17.8 Å². The quantitative estimate of drug-likeness (QED) is 0.500. The summed E-state index contributed by atoms with van der Waals surface area (Å²) in [5.41, 5.74) is 6.90. The lowest BCUT2D eigenvalue weighted by atomic mass is 9.92. The summed E-state index contributed by atoms with van der Waals surface area (Å²) in [6.07, 6.45) is 6.29. The highest BCUT2D eigenvalue weighted by molar-refractivity contribution is 6.11. The Hall–Kier alpha value is -1.96. The largest absolute Gasteiger partial charge is 0.394 e. The molecule has 0 aromatic rings. The third kappa shape index (κ3) is 5.02. The molecule has 7 nitrogen and oxygen atoms in total. The highest BCUT2D eigenvalue weighted by atomic mass is 19.1. The van der Waals surface area contributed by atoms with Crippen molar-refractivity contribution < 1.29 is 19.1 Å². The number of carbonyl (C=O) groups excluding carboxylic acids is 2. The highest BCUT2D eigenvalue weighted by Gasteiger charge is 2.51. The van der Waals surface area contributed by atoms with E-state index in [2.05, 4.69) is 25.7 Å². The predicted octanol–water partition coefficient (Wildman–Crippen LogP) is 2.82. The summed E-state index contributed by atoms with van der Waals surface area (Å²) in [5, 5.41) is 10.1. The van der Waals surface area contributed by atoms with E-state index in [1.807, 2.05) is 0 Å². The molecule has 1 saturated heterocycles. The Morgan fingerprint density at radius 1 is 1.26 bits per heavy atom. The number of hydrogen-bond acceptors (Lipinski definition) is 5. The van der Waals surface area contributed by atoms with Gasteiger partial charge in [-0.15, -0.1) is 0 Å². The molecule has 3 aliphatic carbocycles. The van der Waals surface area contributed by atoms with Gasteiger partial charge in [0, 0.05) is 36.5 Å². The van der Waals surface area contributed by atoms with E-state index < -0.39 is 12.3 Å². The molecular weight excluding hydrogens is 435 g/mol. The van der Waals surface area contributed by atoms with Crippen molar-refractivity contribution >= 4 is 17.5 Å². The van der Waals surface area contributed by atoms with Gasteiger partial charge in [-0.2, -0.15) is 0 Å². The number of carbonyl (C=O) groups is 2. The van der Waals surface area contributed by atoms with Gasteiger partial charge >= 0.3 is 0 Å². The molecule has 0 spiro atoms. The van der Waals surface area contributed by atoms with Crippen LogP contribution in [-0.4, -0.2) is 76.4 Å². The molecule has 4 fully saturated rings. The third-order valence-electron chi connectivity index (χ3n) is 8.50. The van der Waals surface area contributed by atoms with Crippen molar-refractivity contribution in [3.05, 3.63) is 11.3 Å². The number of nitrogens with zero attached hydrogens (tertiary/aromatic N) is 3. The zero-order chi connectivity index (χ0) is 24.7. The molecule has 1 aliphatic heterocycles. The lowest BCUT2D eigenvalue weighted by Gasteiger charge is -2.36. The number of aliphatic hydroxyl groups is 1. The van der Waals surface area contributed by atoms with Gasteiger partial charge in [-0.05, 0) is 69.1 Å². The molecule has 4 aliphatic rings. The number of halogens is 1. The number of amides is 2. The molecule has 0 aromatic heterocycles. The first kappa shape index (κ1) is 25.1. The second-order valence-electron chi connectivity index (χ2n) is 11.4. The number of piperidine rings is 1. The number of rotatable bonds is 9. The van der Waals surface area contributed by atoms with Gasteiger partial charge in [-0.25, -0.2) is 4.39 Å². The molecule has 8 heteroatoms. The molecule has 1 heterocycles. The summed E-state index contributed by atoms with van der Waals surface area (Å²) in [5.74, 6) is 1.07. The average Bonchev–Trinajstić information content (AvgIpc) is 3.74. The van der Waals surface area contributed by atoms with E-state index in [1.165, 1.54) is 0 Å². The maximum Gasteiger partial charge on any atom is 0.270 e. The van der Waals surface area contributed by atoms with Crippen molar-refractivity contribution in [1.29, 1.82) is 0 Å². The van der Waals surface area contributed by atoms with Crippen LogP contribution >= 0.6 is 0 Å². The van der Waals surface area contributed by atoms with E-state index in [-0.39, 0.29) is 61.4 Å². The van der Waals surface area contributed by atoms with Crippen molar-refractivity contribution in [3.63, 3.8) is 0 Å². The average molecular weight is 477 g/mol. The number of aliphatic imine (C=N–C) groups is 1. The molecule has 3 N–H and O–H groups in total. The first-order valence-corrected chi connectivity index (χ1v) is 13.0. The van der Waals surface area contributed by atoms with E-state index in [4.69, 9.17) is 10.7 Å². The summed E-state index contributed by atoms with van der Waals surface area (Å²) >= 11 is 0. The Morgan fingerprint density at radius 3 is 2.50 bits per heavy atom. The molecule has 2 unspecified atom stereocenters. The summed E-state index contributed by atoms with van der Waals surface area (Å²) < 4.78 is 13.1. The Morgan fingerprint density at radius 2 is 1.94 bits per heavy atom. The van der Waals surface area contributed by atoms with Crippen LogP contribution in [0.4, 0.5) is 4.39 Å². The smallest absolute Gasteiger partial charge is 0.270 e. The van der Waals surface area contributed by atoms with Crippen molar-refractivity contribution in [2.24, 2.45) is 28.5 Å². The monoisotopic (exact) mass is 476 g/mol. The van der Waals surface area contributed by atoms with Crippen LogP contribution in [0.1, 0.15) is 72.1 Å². The standard InChI is InChI=1S/C26H41FN4O3/c1-4-25(6-7-25)31(10-5-17(2)3)21(32)15-29-20-14-18-13-19(18)22(20)23(28)24(33)30-11-8-26(34,16-27)9-12-30/h17-19,34H,4-16,28H2,1-3H3/b23-22-,29-20?. The number of alkyl halides is 1. The minimum atomic E-state index is -1.33. The van der Waals surface area contributed by atoms with Gasteiger partial charge in [-0.1, -0.05) is 20.8 Å². The topological polar surface area (TPSA) is 99.2 Å². The summed E-state index contributed by atoms with van der Waals surface area (Å²) in [6, 6.07) is 0. The number of likely N-dealkylation sites (tertiary alicyclic amines) is 1. The van der Waals surface area contributed by atoms with Crippen molar-refractivity contribution in [2.75, 3.05) is 32.9 Å². The fourth-order valence-corrected chi connectivity index (χ4v) is 5.67.